The molecule has 0 spiro atoms. The van der Waals surface area contributed by atoms with Crippen molar-refractivity contribution in [2.75, 3.05) is 0 Å². The van der Waals surface area contributed by atoms with Crippen LogP contribution in [-0.2, 0) is 58.8 Å². The Kier molecular flexibility index (Phi) is 28.2. The Bertz CT molecular complexity index is 4350. The molecule has 0 saturated heterocycles. The van der Waals surface area contributed by atoms with Crippen LogP contribution in [0.4, 0.5) is 75.5 Å². The van der Waals surface area contributed by atoms with Crippen LogP contribution in [0.15, 0.2) is 299 Å². The molecule has 0 unspecified atom stereocenters. The predicted octanol–water partition coefficient (Wildman–Crippen LogP) is 24.8. The molecule has 0 fully saturated rings. The van der Waals surface area contributed by atoms with Crippen molar-refractivity contribution in [2.24, 2.45) is 0 Å². The van der Waals surface area contributed by atoms with Crippen molar-refractivity contribution in [1.29, 1.82) is 5.26 Å². The number of hydrogen-bond acceptors (Lipinski definition) is 12. The number of hydrogen-bond donors (Lipinski definition) is 0. The fourth-order valence-corrected chi connectivity index (χ4v) is 10.7. The first-order valence-electron chi connectivity index (χ1n) is 31.8. The summed E-state index contributed by atoms with van der Waals surface area (Å²) in [6, 6.07) is 81.9. The monoisotopic (exact) mass is 1680 g/mol. The number of imidazole rings is 1. The zero-order valence-corrected chi connectivity index (χ0v) is 64.1. The minimum Gasteiger partial charge on any atom is -0.443 e. The van der Waals surface area contributed by atoms with Crippen LogP contribution in [0.3, 0.4) is 0 Å². The maximum absolute atomic E-state index is 10.7. The van der Waals surface area contributed by atoms with Gasteiger partial charge in [-0.15, -0.1) is 0 Å². The van der Waals surface area contributed by atoms with Crippen molar-refractivity contribution in [3.63, 3.8) is 0 Å². The first-order chi connectivity index (χ1) is 50.5. The molecule has 0 aliphatic carbocycles. The summed E-state index contributed by atoms with van der Waals surface area (Å²) in [5.41, 5.74) is 12.0. The van der Waals surface area contributed by atoms with Gasteiger partial charge in [-0.3, -0.25) is 49.8 Å². The minimum atomic E-state index is -10.7. The van der Waals surface area contributed by atoms with Gasteiger partial charge in [-0.25, -0.2) is 0 Å². The predicted molar refractivity (Wildman–Crippen MR) is 385 cm³/mol. The van der Waals surface area contributed by atoms with Crippen LogP contribution < -0.4 is 4.98 Å². The molecule has 0 N–H and O–H groups in total. The molecule has 0 bridgehead atoms. The second kappa shape index (κ2) is 34.2. The number of aromatic nitrogens is 12. The van der Waals surface area contributed by atoms with E-state index in [0.717, 1.165) is 90.8 Å². The molecule has 0 atom stereocenters. The third kappa shape index (κ3) is 29.5. The molecule has 11 aromatic heterocycles. The van der Waals surface area contributed by atoms with Gasteiger partial charge in [-0.05, 0) is 172 Å². The Morgan fingerprint density at radius 3 is 0.613 bits per heavy atom. The maximum atomic E-state index is 9.87. The van der Waals surface area contributed by atoms with E-state index in [0.29, 0.717) is 0 Å². The van der Waals surface area contributed by atoms with E-state index in [1.807, 2.05) is 268 Å². The van der Waals surface area contributed by atoms with E-state index in [4.69, 9.17) is 55.1 Å². The van der Waals surface area contributed by atoms with Gasteiger partial charge in [0.15, 0.2) is 0 Å². The number of pyridine rings is 10. The van der Waals surface area contributed by atoms with Crippen molar-refractivity contribution in [1.82, 2.24) is 59.8 Å². The van der Waals surface area contributed by atoms with E-state index < -0.39 is 45.1 Å². The second-order valence-electron chi connectivity index (χ2n) is 23.9. The van der Waals surface area contributed by atoms with Crippen LogP contribution in [0.2, 0.25) is 0 Å². The van der Waals surface area contributed by atoms with Gasteiger partial charge >= 0.3 is 136 Å². The zero-order valence-electron chi connectivity index (χ0n) is 58.6. The Hall–Kier alpha value is -10.2. The van der Waals surface area contributed by atoms with Gasteiger partial charge < -0.3 is 9.97 Å². The van der Waals surface area contributed by atoms with Crippen LogP contribution in [0.25, 0.3) is 22.5 Å². The topological polar surface area (TPSA) is 180 Å². The van der Waals surface area contributed by atoms with Crippen molar-refractivity contribution >= 4 is 23.4 Å². The number of rotatable bonds is 14. The van der Waals surface area contributed by atoms with E-state index >= 15 is 0 Å². The molecule has 2 aromatic carbocycles. The number of nitriles is 1. The van der Waals surface area contributed by atoms with Crippen LogP contribution in [0.1, 0.15) is 103 Å². The van der Waals surface area contributed by atoms with Gasteiger partial charge in [0, 0.05) is 56.5 Å². The van der Waals surface area contributed by atoms with Gasteiger partial charge in [0.1, 0.15) is 0 Å². The molecular weight excluding hydrogens is 1620 g/mol. The molecule has 0 aliphatic heterocycles. The summed E-state index contributed by atoms with van der Waals surface area (Å²) in [5.74, 6) is 0. The summed E-state index contributed by atoms with van der Waals surface area (Å²) < 4.78 is 178. The van der Waals surface area contributed by atoms with E-state index in [1.165, 1.54) is 6.92 Å². The fourth-order valence-electron chi connectivity index (χ4n) is 10.7. The molecule has 13 aromatic rings. The molecule has 13 rings (SSSR count). The first-order valence-corrected chi connectivity index (χ1v) is 37.9. The van der Waals surface area contributed by atoms with Crippen LogP contribution in [0, 0.1) is 11.3 Å². The number of benzene rings is 2. The van der Waals surface area contributed by atoms with Crippen molar-refractivity contribution < 1.29 is 113 Å². The summed E-state index contributed by atoms with van der Waals surface area (Å²) in [6.45, 7) is 9.94. The van der Waals surface area contributed by atoms with Crippen LogP contribution in [0.5, 0.6) is 0 Å². The Balaban J connectivity index is 0.000000265. The third-order valence-electron chi connectivity index (χ3n) is 15.7. The van der Waals surface area contributed by atoms with Gasteiger partial charge in [-0.1, -0.05) is 128 Å². The third-order valence-corrected chi connectivity index (χ3v) is 15.7. The summed E-state index contributed by atoms with van der Waals surface area (Å²) in [6.07, 6.45) is 16.1. The van der Waals surface area contributed by atoms with Gasteiger partial charge in [0.2, 0.25) is 0 Å². The van der Waals surface area contributed by atoms with Crippen LogP contribution >= 0.6 is 23.4 Å². The minimum absolute atomic E-state index is 0. The Labute approximate surface area is 649 Å². The molecule has 0 amide bonds. The number of halogens is 18. The van der Waals surface area contributed by atoms with E-state index in [2.05, 4.69) is 61.9 Å². The van der Waals surface area contributed by atoms with Gasteiger partial charge in [0.05, 0.1) is 96.1 Å². The van der Waals surface area contributed by atoms with Crippen molar-refractivity contribution in [3.05, 3.63) is 367 Å². The smallest absolute Gasteiger partial charge is 0.443 e. The quantitative estimate of drug-likeness (QED) is 0.0742. The molecule has 111 heavy (non-hydrogen) atoms. The zero-order chi connectivity index (χ0) is 80.3. The van der Waals surface area contributed by atoms with Gasteiger partial charge in [0.25, 0.3) is 0 Å². The average Bonchev–Trinajstić information content (AvgIpc) is 0.907. The molecule has 36 heteroatoms. The van der Waals surface area contributed by atoms with E-state index in [-0.39, 0.29) is 37.1 Å². The first kappa shape index (κ1) is 91.4. The van der Waals surface area contributed by atoms with E-state index in [1.54, 1.807) is 12.4 Å². The normalized spacial score (nSPS) is 13.3. The molecule has 2 radical (unpaired) electrons. The molecular formula is C75H64F18N13P3V2. The maximum Gasteiger partial charge on any atom is 2.00 e. The standard InChI is InChI=1S/2C29H25N5.C15H11N2.C2H3N.3F6P.2V/c2*1-28(22-12-3-7-18-30-22,23-13-4-8-19-31-23)26-16-11-17-27(34-26)29(2,24-14-5-9-20-32-24)25-15-6-10-21-33-25;1-3-7-12(8-4-1)14-15(17-11-16-14)13-9-5-2-6-10-13;1-2-3;3*1-7(2,3,4,5)6;;/h2*3-21H,1-2H3;1-11H;1H3;;;;;/q;;-1;;3*-1;2*+2. The SMILES string of the molecule is CC#N.CC(c1ccccn1)(c1ccccn1)c1cccc(C(C)(c2ccccn2)c2ccccn2)n1.CC(c1ccccn1)(c1ccccn1)c1cccc(C(C)(c2ccccn2)c2ccccn2)n1.F[P-](F)(F)(F)(F)F.F[P-](F)(F)(F)(F)F.F[P-](F)(F)(F)(F)F.[V+2].[V+2].c1ccc(-c2nc[n-]c2-c2ccccc2)cc1. The Morgan fingerprint density at radius 2 is 0.432 bits per heavy atom. The van der Waals surface area contributed by atoms with Crippen molar-refractivity contribution in [2.45, 2.75) is 56.3 Å². The van der Waals surface area contributed by atoms with Crippen molar-refractivity contribution in [3.8, 4) is 28.6 Å². The number of nitrogens with zero attached hydrogens (tertiary/aromatic N) is 13. The summed E-state index contributed by atoms with van der Waals surface area (Å²) in [5, 5.41) is 7.32. The molecule has 0 saturated carbocycles. The van der Waals surface area contributed by atoms with Gasteiger partial charge in [-0.2, -0.15) is 5.26 Å². The summed E-state index contributed by atoms with van der Waals surface area (Å²) >= 11 is 0. The molecule has 11 heterocycles. The molecule has 0 aliphatic rings. The Morgan fingerprint density at radius 1 is 0.261 bits per heavy atom. The summed E-state index contributed by atoms with van der Waals surface area (Å²) in [7, 11) is -32.0. The molecule has 580 valence electrons. The average molecular weight is 1680 g/mol. The molecule has 13 nitrogen and oxygen atoms in total. The second-order valence-corrected chi connectivity index (χ2v) is 29.7. The fraction of sp³-hybridized carbons (Fsp3) is 0.120. The van der Waals surface area contributed by atoms with Crippen LogP contribution in [-0.4, -0.2) is 54.8 Å². The summed E-state index contributed by atoms with van der Waals surface area (Å²) in [4.78, 5) is 56.9. The largest absolute Gasteiger partial charge is 2.00 e. The van der Waals surface area contributed by atoms with E-state index in [9.17, 15) is 75.5 Å².